The number of rotatable bonds is 1. The van der Waals surface area contributed by atoms with Crippen molar-refractivity contribution in [3.63, 3.8) is 0 Å². The van der Waals surface area contributed by atoms with Crippen LogP contribution in [0.25, 0.3) is 0 Å². The molecular formula is C19H26P2. The van der Waals surface area contributed by atoms with Crippen LogP contribution in [0.4, 0.5) is 0 Å². The molecule has 0 aromatic heterocycles. The third kappa shape index (κ3) is 1.50. The highest BCUT2D eigenvalue weighted by atomic mass is 31.1. The van der Waals surface area contributed by atoms with Crippen molar-refractivity contribution in [1.82, 2.24) is 0 Å². The minimum Gasteiger partial charge on any atom is -0.0620 e. The van der Waals surface area contributed by atoms with E-state index in [1.165, 1.54) is 12.3 Å². The number of hydrogen-bond acceptors (Lipinski definition) is 0. The lowest BCUT2D eigenvalue weighted by molar-refractivity contribution is 0.561. The van der Waals surface area contributed by atoms with E-state index < -0.39 is 0 Å². The Morgan fingerprint density at radius 2 is 1.48 bits per heavy atom. The maximum atomic E-state index is 2.50. The first kappa shape index (κ1) is 14.4. The average Bonchev–Trinajstić information content (AvgIpc) is 3.07. The fourth-order valence-electron chi connectivity index (χ4n) is 4.91. The van der Waals surface area contributed by atoms with Crippen molar-refractivity contribution in [1.29, 1.82) is 0 Å². The van der Waals surface area contributed by atoms with Gasteiger partial charge in [-0.15, -0.1) is 0 Å². The zero-order chi connectivity index (χ0) is 15.3. The highest BCUT2D eigenvalue weighted by molar-refractivity contribution is 7.73. The smallest absolute Gasteiger partial charge is 0.0148 e. The molecule has 0 aliphatic carbocycles. The highest BCUT2D eigenvalue weighted by Crippen LogP contribution is 2.81. The fourth-order valence-corrected chi connectivity index (χ4v) is 12.5. The van der Waals surface area contributed by atoms with E-state index in [1.54, 1.807) is 32.9 Å². The SMILES string of the molecule is CC1=C(C)[P@]2C[C@@H]1C(C)=C2C1=C(C)[C@]2(C)C[P@@]1C(C)=C2C. The second kappa shape index (κ2) is 4.21. The van der Waals surface area contributed by atoms with Gasteiger partial charge in [0.2, 0.25) is 0 Å². The molecule has 0 aromatic carbocycles. The minimum absolute atomic E-state index is 0.00854. The third-order valence-electron chi connectivity index (χ3n) is 6.96. The van der Waals surface area contributed by atoms with Gasteiger partial charge in [-0.05, 0) is 91.0 Å². The van der Waals surface area contributed by atoms with E-state index in [2.05, 4.69) is 48.5 Å². The molecule has 0 N–H and O–H groups in total. The van der Waals surface area contributed by atoms with Crippen LogP contribution in [-0.2, 0) is 0 Å². The largest absolute Gasteiger partial charge is 0.0620 e. The second-order valence-corrected chi connectivity index (χ2v) is 12.2. The molecule has 0 spiro atoms. The molecular weight excluding hydrogens is 290 g/mol. The van der Waals surface area contributed by atoms with E-state index in [1.807, 2.05) is 10.6 Å². The van der Waals surface area contributed by atoms with Gasteiger partial charge in [0, 0.05) is 11.3 Å². The predicted molar refractivity (Wildman–Crippen MR) is 97.3 cm³/mol. The summed E-state index contributed by atoms with van der Waals surface area (Å²) < 4.78 is 0. The molecule has 4 heterocycles. The molecule has 0 fully saturated rings. The van der Waals surface area contributed by atoms with Gasteiger partial charge < -0.3 is 0 Å². The molecule has 2 heteroatoms. The Morgan fingerprint density at radius 3 is 2.05 bits per heavy atom. The predicted octanol–water partition coefficient (Wildman–Crippen LogP) is 6.76. The topological polar surface area (TPSA) is 0 Å². The average molecular weight is 316 g/mol. The second-order valence-electron chi connectivity index (χ2n) is 7.57. The molecule has 0 unspecified atom stereocenters. The fraction of sp³-hybridized carbons (Fsp3) is 0.579. The Balaban J connectivity index is 1.86. The zero-order valence-electron chi connectivity index (χ0n) is 14.4. The number of hydrogen-bond donors (Lipinski definition) is 0. The Bertz CT molecular complexity index is 701. The molecule has 0 saturated heterocycles. The Kier molecular flexibility index (Phi) is 2.89. The van der Waals surface area contributed by atoms with E-state index in [0.29, 0.717) is 5.41 Å². The number of allylic oxidation sites excluding steroid dienone is 8. The van der Waals surface area contributed by atoms with E-state index in [4.69, 9.17) is 0 Å². The summed E-state index contributed by atoms with van der Waals surface area (Å²) >= 11 is 0. The van der Waals surface area contributed by atoms with E-state index in [-0.39, 0.29) is 15.8 Å². The molecule has 0 aromatic rings. The summed E-state index contributed by atoms with van der Waals surface area (Å²) in [5.41, 5.74) is 7.25. The van der Waals surface area contributed by atoms with Crippen molar-refractivity contribution in [3.8, 4) is 0 Å². The van der Waals surface area contributed by atoms with Crippen LogP contribution in [0.5, 0.6) is 0 Å². The monoisotopic (exact) mass is 316 g/mol. The van der Waals surface area contributed by atoms with Crippen LogP contribution in [0, 0.1) is 11.3 Å². The Hall–Kier alpha value is -0.180. The number of fused-ring (bicyclic) bond motifs is 4. The summed E-state index contributed by atoms with van der Waals surface area (Å²) in [6.45, 7) is 17.0. The van der Waals surface area contributed by atoms with Gasteiger partial charge in [-0.25, -0.2) is 0 Å². The molecule has 0 saturated carbocycles. The molecule has 112 valence electrons. The van der Waals surface area contributed by atoms with Gasteiger partial charge in [0.05, 0.1) is 0 Å². The van der Waals surface area contributed by atoms with Gasteiger partial charge in [-0.3, -0.25) is 0 Å². The van der Waals surface area contributed by atoms with Crippen LogP contribution in [0.3, 0.4) is 0 Å². The Morgan fingerprint density at radius 1 is 0.810 bits per heavy atom. The van der Waals surface area contributed by atoms with E-state index in [9.17, 15) is 0 Å². The molecule has 21 heavy (non-hydrogen) atoms. The van der Waals surface area contributed by atoms with Gasteiger partial charge in [-0.2, -0.15) is 0 Å². The van der Waals surface area contributed by atoms with E-state index in [0.717, 1.165) is 5.92 Å². The van der Waals surface area contributed by atoms with Crippen LogP contribution in [0.1, 0.15) is 48.5 Å². The minimum atomic E-state index is -0.00854. The maximum absolute atomic E-state index is 2.50. The molecule has 4 aliphatic rings. The summed E-state index contributed by atoms with van der Waals surface area (Å²) in [4.78, 5) is 0. The molecule has 4 atom stereocenters. The van der Waals surface area contributed by atoms with Crippen molar-refractivity contribution in [2.24, 2.45) is 11.3 Å². The van der Waals surface area contributed by atoms with Crippen molar-refractivity contribution in [2.75, 3.05) is 12.3 Å². The summed E-state index contributed by atoms with van der Waals surface area (Å²) in [5.74, 6) is 0.792. The first-order valence-corrected chi connectivity index (χ1v) is 11.2. The molecule has 0 amide bonds. The lowest BCUT2D eigenvalue weighted by Crippen LogP contribution is -2.17. The van der Waals surface area contributed by atoms with Gasteiger partial charge >= 0.3 is 0 Å². The molecule has 4 bridgehead atoms. The third-order valence-corrected chi connectivity index (χ3v) is 13.3. The first-order chi connectivity index (χ1) is 9.79. The molecule has 4 rings (SSSR count). The summed E-state index contributed by atoms with van der Waals surface area (Å²) in [6.07, 6.45) is 2.85. The van der Waals surface area contributed by atoms with Gasteiger partial charge in [-0.1, -0.05) is 29.2 Å². The van der Waals surface area contributed by atoms with Crippen molar-refractivity contribution >= 4 is 15.8 Å². The van der Waals surface area contributed by atoms with Crippen LogP contribution >= 0.6 is 15.8 Å². The molecule has 4 aliphatic heterocycles. The van der Waals surface area contributed by atoms with Crippen LogP contribution < -0.4 is 0 Å². The van der Waals surface area contributed by atoms with Crippen molar-refractivity contribution in [2.45, 2.75) is 48.5 Å². The lowest BCUT2D eigenvalue weighted by atomic mass is 9.78. The normalized spacial score (nSPS) is 41.6. The van der Waals surface area contributed by atoms with Gasteiger partial charge in [0.25, 0.3) is 0 Å². The summed E-state index contributed by atoms with van der Waals surface area (Å²) in [6, 6.07) is 0. The lowest BCUT2D eigenvalue weighted by Gasteiger charge is -2.31. The maximum Gasteiger partial charge on any atom is 0.0148 e. The quantitative estimate of drug-likeness (QED) is 0.469. The molecule has 0 nitrogen and oxygen atoms in total. The standard InChI is InChI=1S/C19H26P2/c1-10-14(5)20-8-16(10)11(2)17(20)18-13(4)19(7)9-21(18)15(6)12(19)3/h16H,8-9H2,1-7H3/t16-,19+,20-,21-/m0/s1. The highest BCUT2D eigenvalue weighted by Gasteiger charge is 2.52. The molecule has 0 radical (unpaired) electrons. The van der Waals surface area contributed by atoms with E-state index >= 15 is 0 Å². The first-order valence-electron chi connectivity index (χ1n) is 8.12. The summed E-state index contributed by atoms with van der Waals surface area (Å²) in [5, 5.41) is 7.18. The Labute approximate surface area is 132 Å². The van der Waals surface area contributed by atoms with Crippen LogP contribution in [0.2, 0.25) is 0 Å². The van der Waals surface area contributed by atoms with Gasteiger partial charge in [0.1, 0.15) is 0 Å². The van der Waals surface area contributed by atoms with Crippen LogP contribution in [0.15, 0.2) is 43.5 Å². The summed E-state index contributed by atoms with van der Waals surface area (Å²) in [7, 11) is 0.00915. The van der Waals surface area contributed by atoms with Crippen molar-refractivity contribution in [3.05, 3.63) is 43.5 Å². The zero-order valence-corrected chi connectivity index (χ0v) is 16.2. The van der Waals surface area contributed by atoms with Crippen molar-refractivity contribution < 1.29 is 0 Å². The van der Waals surface area contributed by atoms with Gasteiger partial charge in [0.15, 0.2) is 0 Å². The van der Waals surface area contributed by atoms with Crippen LogP contribution in [-0.4, -0.2) is 12.3 Å².